The van der Waals surface area contributed by atoms with E-state index >= 15 is 0 Å². The van der Waals surface area contributed by atoms with Gasteiger partial charge in [-0.05, 0) is 81.5 Å². The lowest BCUT2D eigenvalue weighted by Crippen LogP contribution is -2.43. The third-order valence-electron chi connectivity index (χ3n) is 11.2. The predicted octanol–water partition coefficient (Wildman–Crippen LogP) is 11.8. The number of rotatable bonds is 6. The maximum absolute atomic E-state index is 4.33. The number of hydrogen-bond donors (Lipinski definition) is 0. The van der Waals surface area contributed by atoms with Crippen LogP contribution in [0.4, 0.5) is 0 Å². The summed E-state index contributed by atoms with van der Waals surface area (Å²) in [6.07, 6.45) is 6.96. The van der Waals surface area contributed by atoms with Crippen molar-refractivity contribution < 1.29 is 0 Å². The molecule has 0 aliphatic rings. The normalized spacial score (nSPS) is 11.0. The van der Waals surface area contributed by atoms with Crippen molar-refractivity contribution in [2.24, 2.45) is 0 Å². The van der Waals surface area contributed by atoms with Gasteiger partial charge in [0.15, 0.2) is 0 Å². The lowest BCUT2D eigenvalue weighted by atomic mass is 10.1. The molecule has 56 heavy (non-hydrogen) atoms. The van der Waals surface area contributed by atoms with Gasteiger partial charge in [-0.1, -0.05) is 155 Å². The van der Waals surface area contributed by atoms with Crippen LogP contribution in [0.1, 0.15) is 128 Å². The minimum atomic E-state index is -1.88. The summed E-state index contributed by atoms with van der Waals surface area (Å²) >= 11 is 0. The lowest BCUT2D eigenvalue weighted by Gasteiger charge is -2.38. The van der Waals surface area contributed by atoms with Crippen LogP contribution in [0.3, 0.4) is 0 Å². The van der Waals surface area contributed by atoms with E-state index in [-0.39, 0.29) is 0 Å². The van der Waals surface area contributed by atoms with Crippen molar-refractivity contribution >= 4 is 16.1 Å². The van der Waals surface area contributed by atoms with Crippen molar-refractivity contribution in [1.29, 1.82) is 0 Å². The highest BCUT2D eigenvalue weighted by Crippen LogP contribution is 2.42. The topological polar surface area (TPSA) is 25.8 Å². The van der Waals surface area contributed by atoms with Gasteiger partial charge in [-0.2, -0.15) is 0 Å². The van der Waals surface area contributed by atoms with Crippen LogP contribution in [-0.4, -0.2) is 26.1 Å². The minimum Gasteiger partial charge on any atom is -0.263 e. The number of pyridine rings is 2. The maximum atomic E-state index is 4.33. The van der Waals surface area contributed by atoms with E-state index in [1.165, 1.54) is 0 Å². The van der Waals surface area contributed by atoms with Crippen LogP contribution in [0.25, 0.3) is 0 Å². The fourth-order valence-electron chi connectivity index (χ4n) is 8.29. The summed E-state index contributed by atoms with van der Waals surface area (Å²) in [7, 11) is -3.77. The van der Waals surface area contributed by atoms with Gasteiger partial charge in [0.25, 0.3) is 0 Å². The van der Waals surface area contributed by atoms with E-state index in [0.29, 0.717) is 33.2 Å². The molecule has 0 fully saturated rings. The van der Waals surface area contributed by atoms with Gasteiger partial charge >= 0.3 is 0 Å². The van der Waals surface area contributed by atoms with E-state index in [2.05, 4.69) is 175 Å². The molecule has 4 heteroatoms. The standard InChI is InChI=1S/C52H56N2Si2/c1-39(2)55(40(3)4,41(5)6)35-31-49-23-17-13-19-45(49)25-27-51-37-53-33-29-47(51)21-15-16-22-48-30-34-54-38-52(48)28-26-46-20-14-18-24-50(46)32-36-56(42(7)8,43(9)10)44(11)12/h13-14,17-20,23-24,29-30,33-34,37-44H,1-12H3. The number of nitrogens with zero attached hydrogens (tertiary/aromatic N) is 2. The summed E-state index contributed by atoms with van der Waals surface area (Å²) in [4.78, 5) is 8.67. The van der Waals surface area contributed by atoms with Gasteiger partial charge in [-0.15, -0.1) is 11.1 Å². The van der Waals surface area contributed by atoms with Crippen molar-refractivity contribution in [2.45, 2.75) is 116 Å². The predicted molar refractivity (Wildman–Crippen MR) is 243 cm³/mol. The second-order valence-corrected chi connectivity index (χ2v) is 27.4. The molecule has 2 heterocycles. The van der Waals surface area contributed by atoms with Crippen molar-refractivity contribution in [1.82, 2.24) is 9.97 Å². The van der Waals surface area contributed by atoms with Crippen molar-refractivity contribution in [3.63, 3.8) is 0 Å². The molecule has 0 saturated carbocycles. The molecule has 4 rings (SSSR count). The zero-order chi connectivity index (χ0) is 40.9. The first-order chi connectivity index (χ1) is 26.7. The Morgan fingerprint density at radius 3 is 0.911 bits per heavy atom. The molecule has 282 valence electrons. The zero-order valence-electron chi connectivity index (χ0n) is 35.4. The Labute approximate surface area is 341 Å². The lowest BCUT2D eigenvalue weighted by molar-refractivity contribution is 0.838. The molecule has 0 N–H and O–H groups in total. The molecule has 0 unspecified atom stereocenters. The average molecular weight is 765 g/mol. The molecule has 2 aromatic carbocycles. The van der Waals surface area contributed by atoms with E-state index in [4.69, 9.17) is 0 Å². The number of aromatic nitrogens is 2. The molecular weight excluding hydrogens is 709 g/mol. The third-order valence-corrected chi connectivity index (χ3v) is 23.8. The molecule has 0 radical (unpaired) electrons. The first-order valence-electron chi connectivity index (χ1n) is 19.9. The Balaban J connectivity index is 1.63. The van der Waals surface area contributed by atoms with Crippen LogP contribution in [-0.2, 0) is 0 Å². The van der Waals surface area contributed by atoms with Crippen LogP contribution in [0.2, 0.25) is 33.2 Å². The van der Waals surface area contributed by atoms with Gasteiger partial charge in [0.05, 0.1) is 11.1 Å². The van der Waals surface area contributed by atoms with Gasteiger partial charge in [0.1, 0.15) is 16.1 Å². The summed E-state index contributed by atoms with van der Waals surface area (Å²) < 4.78 is 0. The Morgan fingerprint density at radius 2 is 0.607 bits per heavy atom. The molecule has 0 aliphatic carbocycles. The van der Waals surface area contributed by atoms with Gasteiger partial charge in [0.2, 0.25) is 0 Å². The highest BCUT2D eigenvalue weighted by molar-refractivity contribution is 6.91. The Bertz CT molecular complexity index is 2180. The van der Waals surface area contributed by atoms with Crippen molar-refractivity contribution in [2.75, 3.05) is 0 Å². The summed E-state index contributed by atoms with van der Waals surface area (Å²) in [5.74, 6) is 33.0. The highest BCUT2D eigenvalue weighted by Gasteiger charge is 2.42. The Morgan fingerprint density at radius 1 is 0.339 bits per heavy atom. The maximum Gasteiger partial charge on any atom is 0.146 e. The van der Waals surface area contributed by atoms with Gasteiger partial charge in [0, 0.05) is 58.2 Å². The molecular formula is C52H56N2Si2. The summed E-state index contributed by atoms with van der Waals surface area (Å²) in [5, 5.41) is 0. The molecule has 0 aliphatic heterocycles. The van der Waals surface area contributed by atoms with E-state index in [0.717, 1.165) is 44.5 Å². The molecule has 0 spiro atoms. The Kier molecular flexibility index (Phi) is 15.4. The van der Waals surface area contributed by atoms with Crippen LogP contribution < -0.4 is 0 Å². The monoisotopic (exact) mass is 764 g/mol. The van der Waals surface area contributed by atoms with E-state index in [9.17, 15) is 0 Å². The summed E-state index contributed by atoms with van der Waals surface area (Å²) in [6, 6.07) is 20.0. The Hall–Kier alpha value is -5.47. The van der Waals surface area contributed by atoms with E-state index in [1.807, 2.05) is 48.5 Å². The largest absolute Gasteiger partial charge is 0.263 e. The smallest absolute Gasteiger partial charge is 0.146 e. The second-order valence-electron chi connectivity index (χ2n) is 16.2. The van der Waals surface area contributed by atoms with Crippen molar-refractivity contribution in [3.05, 3.63) is 130 Å². The van der Waals surface area contributed by atoms with E-state index in [1.54, 1.807) is 24.8 Å². The quantitative estimate of drug-likeness (QED) is 0.144. The fourth-order valence-corrected chi connectivity index (χ4v) is 18.7. The van der Waals surface area contributed by atoms with Crippen LogP contribution in [0, 0.1) is 70.3 Å². The molecule has 0 atom stereocenters. The van der Waals surface area contributed by atoms with Crippen molar-refractivity contribution in [3.8, 4) is 70.3 Å². The molecule has 2 aromatic heterocycles. The van der Waals surface area contributed by atoms with Gasteiger partial charge in [-0.3, -0.25) is 9.97 Å². The SMILES string of the molecule is CC(C)[Si](C#Cc1ccccc1C#Cc1cnccc1C#CC#Cc1ccncc1C#Cc1ccccc1C#C[Si](C(C)C)(C(C)C)C(C)C)(C(C)C)C(C)C. The number of benzene rings is 2. The molecule has 0 amide bonds. The van der Waals surface area contributed by atoms with Gasteiger partial charge < -0.3 is 0 Å². The van der Waals surface area contributed by atoms with Crippen LogP contribution in [0.5, 0.6) is 0 Å². The average Bonchev–Trinajstić information content (AvgIpc) is 3.16. The second kappa shape index (κ2) is 19.9. The van der Waals surface area contributed by atoms with Gasteiger partial charge in [-0.25, -0.2) is 0 Å². The third kappa shape index (κ3) is 10.2. The molecule has 4 aromatic rings. The first kappa shape index (κ1) is 43.3. The minimum absolute atomic E-state index is 0.560. The summed E-state index contributed by atoms with van der Waals surface area (Å²) in [5.41, 5.74) is 17.8. The zero-order valence-corrected chi connectivity index (χ0v) is 37.4. The first-order valence-corrected chi connectivity index (χ1v) is 24.4. The highest BCUT2D eigenvalue weighted by atomic mass is 28.3. The summed E-state index contributed by atoms with van der Waals surface area (Å²) in [6.45, 7) is 28.0. The fraction of sp³-hybridized carbons (Fsp3) is 0.346. The van der Waals surface area contributed by atoms with E-state index < -0.39 is 16.1 Å². The molecule has 2 nitrogen and oxygen atoms in total. The molecule has 0 saturated heterocycles. The van der Waals surface area contributed by atoms with Crippen LogP contribution >= 0.6 is 0 Å². The molecule has 0 bridgehead atoms. The number of hydrogen-bond acceptors (Lipinski definition) is 2. The van der Waals surface area contributed by atoms with Crippen LogP contribution in [0.15, 0.2) is 85.5 Å².